The van der Waals surface area contributed by atoms with Gasteiger partial charge in [0, 0.05) is 11.1 Å². The van der Waals surface area contributed by atoms with E-state index in [2.05, 4.69) is 15.8 Å². The average molecular weight is 332 g/mol. The van der Waals surface area contributed by atoms with Crippen molar-refractivity contribution in [2.24, 2.45) is 5.10 Å². The van der Waals surface area contributed by atoms with Crippen molar-refractivity contribution in [1.82, 2.24) is 10.7 Å². The van der Waals surface area contributed by atoms with Crippen LogP contribution in [0.5, 0.6) is 0 Å². The first kappa shape index (κ1) is 16.5. The lowest BCUT2D eigenvalue weighted by atomic mass is 10.2. The topological polar surface area (TPSA) is 83.7 Å². The Labute approximate surface area is 137 Å². The molecule has 1 heterocycles. The Morgan fingerprint density at radius 2 is 2.00 bits per heavy atom. The van der Waals surface area contributed by atoms with Gasteiger partial charge in [0.25, 0.3) is 5.91 Å². The van der Waals surface area contributed by atoms with Crippen LogP contribution >= 0.6 is 11.6 Å². The molecule has 7 heteroatoms. The molecule has 2 aromatic rings. The number of nitrogens with zero attached hydrogens (tertiary/aromatic N) is 1. The molecule has 2 rings (SSSR count). The molecule has 0 aliphatic rings. The van der Waals surface area contributed by atoms with Crippen LogP contribution in [0.4, 0.5) is 0 Å². The minimum absolute atomic E-state index is 0.181. The number of amides is 2. The van der Waals surface area contributed by atoms with E-state index in [9.17, 15) is 9.59 Å². The first-order valence-corrected chi connectivity index (χ1v) is 7.08. The Kier molecular flexibility index (Phi) is 6.14. The van der Waals surface area contributed by atoms with Gasteiger partial charge in [0.15, 0.2) is 0 Å². The molecule has 0 saturated heterocycles. The molecule has 0 radical (unpaired) electrons. The molecular formula is C16H14ClN3O3. The van der Waals surface area contributed by atoms with E-state index in [0.717, 1.165) is 5.56 Å². The Morgan fingerprint density at radius 1 is 1.22 bits per heavy atom. The summed E-state index contributed by atoms with van der Waals surface area (Å²) in [5.41, 5.74) is 3.10. The number of hydrogen-bond donors (Lipinski definition) is 2. The van der Waals surface area contributed by atoms with Crippen molar-refractivity contribution >= 4 is 35.7 Å². The molecule has 23 heavy (non-hydrogen) atoms. The number of hydrogen-bond acceptors (Lipinski definition) is 4. The molecule has 1 aromatic heterocycles. The molecule has 0 unspecified atom stereocenters. The Morgan fingerprint density at radius 3 is 2.70 bits per heavy atom. The zero-order chi connectivity index (χ0) is 16.5. The normalized spacial score (nSPS) is 11.0. The molecule has 0 aliphatic heterocycles. The van der Waals surface area contributed by atoms with Crippen LogP contribution in [-0.4, -0.2) is 24.6 Å². The van der Waals surface area contributed by atoms with E-state index in [1.807, 2.05) is 0 Å². The monoisotopic (exact) mass is 331 g/mol. The third kappa shape index (κ3) is 6.19. The highest BCUT2D eigenvalue weighted by Crippen LogP contribution is 2.07. The van der Waals surface area contributed by atoms with Crippen LogP contribution in [0.15, 0.2) is 58.3 Å². The van der Waals surface area contributed by atoms with Crippen LogP contribution in [0.1, 0.15) is 11.3 Å². The van der Waals surface area contributed by atoms with Crippen LogP contribution in [0, 0.1) is 0 Å². The van der Waals surface area contributed by atoms with Gasteiger partial charge < -0.3 is 9.73 Å². The summed E-state index contributed by atoms with van der Waals surface area (Å²) in [5, 5.41) is 6.84. The molecule has 0 atom stereocenters. The number of carbonyl (C=O) groups is 2. The van der Waals surface area contributed by atoms with Crippen molar-refractivity contribution < 1.29 is 14.0 Å². The zero-order valence-corrected chi connectivity index (χ0v) is 12.8. The Balaban J connectivity index is 1.70. The maximum Gasteiger partial charge on any atom is 0.259 e. The van der Waals surface area contributed by atoms with Gasteiger partial charge in [0.05, 0.1) is 19.0 Å². The summed E-state index contributed by atoms with van der Waals surface area (Å²) < 4.78 is 5.04. The maximum absolute atomic E-state index is 11.5. The van der Waals surface area contributed by atoms with Crippen molar-refractivity contribution in [3.8, 4) is 0 Å². The van der Waals surface area contributed by atoms with Crippen LogP contribution < -0.4 is 10.7 Å². The molecule has 0 bridgehead atoms. The van der Waals surface area contributed by atoms with E-state index < -0.39 is 11.8 Å². The number of benzene rings is 1. The largest absolute Gasteiger partial charge is 0.465 e. The van der Waals surface area contributed by atoms with Gasteiger partial charge in [-0.3, -0.25) is 9.59 Å². The molecular weight excluding hydrogens is 318 g/mol. The van der Waals surface area contributed by atoms with Gasteiger partial charge in [-0.25, -0.2) is 5.43 Å². The second-order valence-electron chi connectivity index (χ2n) is 4.41. The van der Waals surface area contributed by atoms with Gasteiger partial charge in [0.2, 0.25) is 5.91 Å². The Hall–Kier alpha value is -2.86. The lowest BCUT2D eigenvalue weighted by Crippen LogP contribution is -2.34. The minimum atomic E-state index is -0.435. The predicted octanol–water partition coefficient (Wildman–Crippen LogP) is 2.21. The van der Waals surface area contributed by atoms with E-state index in [-0.39, 0.29) is 6.54 Å². The van der Waals surface area contributed by atoms with E-state index in [1.54, 1.807) is 36.4 Å². The lowest BCUT2D eigenvalue weighted by Gasteiger charge is -2.00. The number of halogens is 1. The number of hydrazone groups is 1. The van der Waals surface area contributed by atoms with Gasteiger partial charge in [-0.2, -0.15) is 5.10 Å². The molecule has 2 N–H and O–H groups in total. The molecule has 0 saturated carbocycles. The van der Waals surface area contributed by atoms with Crippen LogP contribution in [0.3, 0.4) is 0 Å². The van der Waals surface area contributed by atoms with Crippen LogP contribution in [0.2, 0.25) is 5.02 Å². The number of furan rings is 1. The molecule has 0 aliphatic carbocycles. The van der Waals surface area contributed by atoms with Gasteiger partial charge in [-0.15, -0.1) is 0 Å². The van der Waals surface area contributed by atoms with Crippen molar-refractivity contribution in [2.45, 2.75) is 0 Å². The second kappa shape index (κ2) is 8.55. The first-order valence-electron chi connectivity index (χ1n) is 6.70. The SMILES string of the molecule is O=C(/C=C/c1ccco1)NCC(=O)N/N=C/c1ccc(Cl)cc1. The summed E-state index contributed by atoms with van der Waals surface area (Å²) in [7, 11) is 0. The highest BCUT2D eigenvalue weighted by atomic mass is 35.5. The number of rotatable bonds is 6. The average Bonchev–Trinajstić information content (AvgIpc) is 3.06. The predicted molar refractivity (Wildman–Crippen MR) is 87.9 cm³/mol. The van der Waals surface area contributed by atoms with Crippen molar-refractivity contribution in [1.29, 1.82) is 0 Å². The van der Waals surface area contributed by atoms with E-state index >= 15 is 0 Å². The smallest absolute Gasteiger partial charge is 0.259 e. The summed E-state index contributed by atoms with van der Waals surface area (Å²) in [6.07, 6.45) is 5.77. The van der Waals surface area contributed by atoms with Crippen molar-refractivity contribution in [3.05, 3.63) is 65.1 Å². The standard InChI is InChI=1S/C16H14ClN3O3/c17-13-5-3-12(4-6-13)10-19-20-16(22)11-18-15(21)8-7-14-2-1-9-23-14/h1-10H,11H2,(H,18,21)(H,20,22)/b8-7+,19-10+. The molecule has 2 amide bonds. The summed E-state index contributed by atoms with van der Waals surface area (Å²) in [4.78, 5) is 23.0. The number of nitrogens with one attached hydrogen (secondary N) is 2. The van der Waals surface area contributed by atoms with E-state index in [4.69, 9.17) is 16.0 Å². The summed E-state index contributed by atoms with van der Waals surface area (Å²) in [6.45, 7) is -0.181. The lowest BCUT2D eigenvalue weighted by molar-refractivity contribution is -0.123. The summed E-state index contributed by atoms with van der Waals surface area (Å²) in [6, 6.07) is 10.4. The molecule has 118 valence electrons. The van der Waals surface area contributed by atoms with Crippen molar-refractivity contribution in [2.75, 3.05) is 6.54 Å². The fraction of sp³-hybridized carbons (Fsp3) is 0.0625. The quantitative estimate of drug-likeness (QED) is 0.483. The maximum atomic E-state index is 11.5. The highest BCUT2D eigenvalue weighted by Gasteiger charge is 2.01. The molecule has 0 spiro atoms. The molecule has 1 aromatic carbocycles. The van der Waals surface area contributed by atoms with E-state index in [1.165, 1.54) is 24.6 Å². The van der Waals surface area contributed by atoms with Gasteiger partial charge in [0.1, 0.15) is 5.76 Å². The van der Waals surface area contributed by atoms with Crippen molar-refractivity contribution in [3.63, 3.8) is 0 Å². The summed E-state index contributed by atoms with van der Waals surface area (Å²) in [5.74, 6) is -0.287. The zero-order valence-electron chi connectivity index (χ0n) is 12.0. The molecule has 0 fully saturated rings. The van der Waals surface area contributed by atoms with Gasteiger partial charge >= 0.3 is 0 Å². The second-order valence-corrected chi connectivity index (χ2v) is 4.85. The number of carbonyl (C=O) groups excluding carboxylic acids is 2. The fourth-order valence-corrected chi connectivity index (χ4v) is 1.66. The third-order valence-electron chi connectivity index (χ3n) is 2.64. The van der Waals surface area contributed by atoms with Crippen LogP contribution in [-0.2, 0) is 9.59 Å². The minimum Gasteiger partial charge on any atom is -0.465 e. The van der Waals surface area contributed by atoms with Gasteiger partial charge in [-0.05, 0) is 35.9 Å². The highest BCUT2D eigenvalue weighted by molar-refractivity contribution is 6.30. The Bertz CT molecular complexity index is 707. The van der Waals surface area contributed by atoms with Gasteiger partial charge in [-0.1, -0.05) is 23.7 Å². The molecule has 6 nitrogen and oxygen atoms in total. The van der Waals surface area contributed by atoms with E-state index in [0.29, 0.717) is 10.8 Å². The fourth-order valence-electron chi connectivity index (χ4n) is 1.54. The first-order chi connectivity index (χ1) is 11.1. The summed E-state index contributed by atoms with van der Waals surface area (Å²) >= 11 is 5.76. The third-order valence-corrected chi connectivity index (χ3v) is 2.89. The van der Waals surface area contributed by atoms with Crippen LogP contribution in [0.25, 0.3) is 6.08 Å².